The molecule has 114 valence electrons. The van der Waals surface area contributed by atoms with Gasteiger partial charge in [-0.1, -0.05) is 56.8 Å². The molecule has 0 aromatic carbocycles. The molecule has 0 fully saturated rings. The normalized spacial score (nSPS) is 11.4. The van der Waals surface area contributed by atoms with Gasteiger partial charge in [-0.05, 0) is 19.3 Å². The van der Waals surface area contributed by atoms with Gasteiger partial charge in [0.2, 0.25) is 0 Å². The van der Waals surface area contributed by atoms with Gasteiger partial charge in [0.05, 0.1) is 0 Å². The first-order valence-corrected chi connectivity index (χ1v) is 7.41. The van der Waals surface area contributed by atoms with Crippen LogP contribution in [0.2, 0.25) is 0 Å². The highest BCUT2D eigenvalue weighted by atomic mass is 16.4. The summed E-state index contributed by atoms with van der Waals surface area (Å²) < 4.78 is 0. The molecule has 4 heteroatoms. The highest BCUT2D eigenvalue weighted by Gasteiger charge is 1.96. The summed E-state index contributed by atoms with van der Waals surface area (Å²) in [4.78, 5) is 20.5. The number of allylic oxidation sites excluding steroid dienone is 3. The monoisotopic (exact) mass is 282 g/mol. The van der Waals surface area contributed by atoms with Crippen LogP contribution in [-0.4, -0.2) is 22.2 Å². The summed E-state index contributed by atoms with van der Waals surface area (Å²) in [7, 11) is 0. The van der Waals surface area contributed by atoms with Crippen LogP contribution in [0.1, 0.15) is 64.2 Å². The third kappa shape index (κ3) is 16.4. The average Bonchev–Trinajstić information content (AvgIpc) is 2.38. The van der Waals surface area contributed by atoms with E-state index in [0.717, 1.165) is 38.2 Å². The summed E-state index contributed by atoms with van der Waals surface area (Å²) in [5.74, 6) is -1.62. The molecule has 4 nitrogen and oxygen atoms in total. The van der Waals surface area contributed by atoms with Gasteiger partial charge >= 0.3 is 11.9 Å². The molecule has 0 aliphatic heterocycles. The van der Waals surface area contributed by atoms with E-state index in [4.69, 9.17) is 10.2 Å². The second kappa shape index (κ2) is 13.8. The van der Waals surface area contributed by atoms with Gasteiger partial charge in [0.25, 0.3) is 0 Å². The molecule has 0 aliphatic rings. The zero-order valence-corrected chi connectivity index (χ0v) is 12.1. The highest BCUT2D eigenvalue weighted by Crippen LogP contribution is 2.10. The molecular weight excluding hydrogens is 256 g/mol. The van der Waals surface area contributed by atoms with Crippen LogP contribution >= 0.6 is 0 Å². The summed E-state index contributed by atoms with van der Waals surface area (Å²) in [6, 6.07) is 0. The second-order valence-corrected chi connectivity index (χ2v) is 4.89. The van der Waals surface area contributed by atoms with Crippen molar-refractivity contribution >= 4 is 11.9 Å². The lowest BCUT2D eigenvalue weighted by molar-refractivity contribution is -0.137. The average molecular weight is 282 g/mol. The van der Waals surface area contributed by atoms with Crippen LogP contribution in [0, 0.1) is 0 Å². The lowest BCUT2D eigenvalue weighted by atomic mass is 10.1. The smallest absolute Gasteiger partial charge is 0.328 e. The standard InChI is InChI=1S/C16H26O4/c17-15(18)13-11-9-7-5-3-1-2-4-6-8-10-12-14-16(19)20/h7,9,11,13H,1-6,8,10,12,14H2,(H,17,18)(H,19,20)/b9-7+,13-11+. The zero-order chi connectivity index (χ0) is 15.1. The maximum absolute atomic E-state index is 10.3. The topological polar surface area (TPSA) is 74.6 Å². The van der Waals surface area contributed by atoms with E-state index in [1.54, 1.807) is 12.2 Å². The Hall–Kier alpha value is -1.58. The predicted octanol–water partition coefficient (Wildman–Crippen LogP) is 4.17. The van der Waals surface area contributed by atoms with Gasteiger partial charge in [0.1, 0.15) is 0 Å². The van der Waals surface area contributed by atoms with Crippen LogP contribution in [0.25, 0.3) is 0 Å². The van der Waals surface area contributed by atoms with Crippen molar-refractivity contribution in [3.05, 3.63) is 24.3 Å². The van der Waals surface area contributed by atoms with Crippen molar-refractivity contribution in [1.29, 1.82) is 0 Å². The van der Waals surface area contributed by atoms with E-state index in [2.05, 4.69) is 0 Å². The molecule has 0 amide bonds. The van der Waals surface area contributed by atoms with E-state index in [0.29, 0.717) is 6.42 Å². The fraction of sp³-hybridized carbons (Fsp3) is 0.625. The third-order valence-electron chi connectivity index (χ3n) is 3.00. The van der Waals surface area contributed by atoms with Crippen LogP contribution < -0.4 is 0 Å². The Morgan fingerprint density at radius 1 is 0.750 bits per heavy atom. The molecule has 0 rings (SSSR count). The van der Waals surface area contributed by atoms with Gasteiger partial charge in [-0.2, -0.15) is 0 Å². The van der Waals surface area contributed by atoms with Crippen molar-refractivity contribution in [3.8, 4) is 0 Å². The fourth-order valence-corrected chi connectivity index (χ4v) is 1.91. The zero-order valence-electron chi connectivity index (χ0n) is 12.1. The van der Waals surface area contributed by atoms with Gasteiger partial charge in [-0.15, -0.1) is 0 Å². The van der Waals surface area contributed by atoms with Crippen molar-refractivity contribution < 1.29 is 19.8 Å². The Morgan fingerprint density at radius 3 is 1.85 bits per heavy atom. The molecule has 0 unspecified atom stereocenters. The Bertz CT molecular complexity index is 318. The quantitative estimate of drug-likeness (QED) is 0.302. The molecular formula is C16H26O4. The molecule has 0 atom stereocenters. The SMILES string of the molecule is O=C(O)/C=C/C=C/CCCCCCCCCCC(=O)O. The largest absolute Gasteiger partial charge is 0.481 e. The minimum atomic E-state index is -0.919. The fourth-order valence-electron chi connectivity index (χ4n) is 1.91. The number of carboxylic acid groups (broad SMARTS) is 2. The van der Waals surface area contributed by atoms with Crippen molar-refractivity contribution in [2.75, 3.05) is 0 Å². The Kier molecular flexibility index (Phi) is 12.7. The number of rotatable bonds is 13. The summed E-state index contributed by atoms with van der Waals surface area (Å²) in [6.07, 6.45) is 16.6. The second-order valence-electron chi connectivity index (χ2n) is 4.89. The lowest BCUT2D eigenvalue weighted by Gasteiger charge is -2.00. The molecule has 0 radical (unpaired) electrons. The van der Waals surface area contributed by atoms with Crippen LogP contribution in [0.4, 0.5) is 0 Å². The summed E-state index contributed by atoms with van der Waals surface area (Å²) in [5, 5.41) is 16.8. The number of hydrogen-bond acceptors (Lipinski definition) is 2. The number of hydrogen-bond donors (Lipinski definition) is 2. The minimum Gasteiger partial charge on any atom is -0.481 e. The summed E-state index contributed by atoms with van der Waals surface area (Å²) in [6.45, 7) is 0. The van der Waals surface area contributed by atoms with Crippen molar-refractivity contribution in [1.82, 2.24) is 0 Å². The van der Waals surface area contributed by atoms with Crippen LogP contribution in [0.3, 0.4) is 0 Å². The van der Waals surface area contributed by atoms with E-state index < -0.39 is 11.9 Å². The molecule has 0 saturated carbocycles. The predicted molar refractivity (Wildman–Crippen MR) is 79.7 cm³/mol. The Balaban J connectivity index is 3.17. The van der Waals surface area contributed by atoms with E-state index >= 15 is 0 Å². The van der Waals surface area contributed by atoms with E-state index in [-0.39, 0.29) is 0 Å². The highest BCUT2D eigenvalue weighted by molar-refractivity contribution is 5.80. The first-order chi connectivity index (χ1) is 9.63. The molecule has 0 aliphatic carbocycles. The van der Waals surface area contributed by atoms with Gasteiger partial charge < -0.3 is 10.2 Å². The molecule has 0 spiro atoms. The van der Waals surface area contributed by atoms with Gasteiger partial charge in [-0.25, -0.2) is 4.79 Å². The molecule has 0 aromatic heterocycles. The number of carboxylic acids is 2. The lowest BCUT2D eigenvalue weighted by Crippen LogP contribution is -1.93. The van der Waals surface area contributed by atoms with Gasteiger partial charge in [0, 0.05) is 12.5 Å². The van der Waals surface area contributed by atoms with Crippen molar-refractivity contribution in [2.24, 2.45) is 0 Å². The van der Waals surface area contributed by atoms with Crippen LogP contribution in [-0.2, 0) is 9.59 Å². The molecule has 2 N–H and O–H groups in total. The maximum atomic E-state index is 10.3. The molecule has 20 heavy (non-hydrogen) atoms. The Labute approximate surface area is 121 Å². The summed E-state index contributed by atoms with van der Waals surface area (Å²) >= 11 is 0. The molecule has 0 bridgehead atoms. The third-order valence-corrected chi connectivity index (χ3v) is 3.00. The molecule has 0 aromatic rings. The first-order valence-electron chi connectivity index (χ1n) is 7.41. The van der Waals surface area contributed by atoms with Crippen LogP contribution in [0.5, 0.6) is 0 Å². The van der Waals surface area contributed by atoms with Crippen LogP contribution in [0.15, 0.2) is 24.3 Å². The molecule has 0 saturated heterocycles. The number of unbranched alkanes of at least 4 members (excludes halogenated alkanes) is 8. The Morgan fingerprint density at radius 2 is 1.30 bits per heavy atom. The number of carbonyl (C=O) groups is 2. The van der Waals surface area contributed by atoms with Crippen molar-refractivity contribution in [3.63, 3.8) is 0 Å². The number of aliphatic carboxylic acids is 2. The van der Waals surface area contributed by atoms with Crippen molar-refractivity contribution in [2.45, 2.75) is 64.2 Å². The van der Waals surface area contributed by atoms with E-state index in [9.17, 15) is 9.59 Å². The summed E-state index contributed by atoms with van der Waals surface area (Å²) in [5.41, 5.74) is 0. The first kappa shape index (κ1) is 18.4. The minimum absolute atomic E-state index is 0.294. The van der Waals surface area contributed by atoms with E-state index in [1.807, 2.05) is 6.08 Å². The van der Waals surface area contributed by atoms with Gasteiger partial charge in [0.15, 0.2) is 0 Å². The maximum Gasteiger partial charge on any atom is 0.328 e. The van der Waals surface area contributed by atoms with E-state index in [1.165, 1.54) is 25.7 Å². The van der Waals surface area contributed by atoms with Gasteiger partial charge in [-0.3, -0.25) is 4.79 Å². The molecule has 0 heterocycles.